The molecule has 2 amide bonds. The number of carbonyl (C=O) groups is 2. The summed E-state index contributed by atoms with van der Waals surface area (Å²) in [5, 5.41) is 6.57. The highest BCUT2D eigenvalue weighted by atomic mass is 32.1. The number of hydrogen-bond acceptors (Lipinski definition) is 6. The van der Waals surface area contributed by atoms with E-state index in [2.05, 4.69) is 15.0 Å². The van der Waals surface area contributed by atoms with Crippen LogP contribution in [0.1, 0.15) is 26.4 Å². The van der Waals surface area contributed by atoms with Gasteiger partial charge in [0.2, 0.25) is 0 Å². The molecule has 0 radical (unpaired) electrons. The molecule has 0 fully saturated rings. The number of amides is 2. The van der Waals surface area contributed by atoms with Crippen molar-refractivity contribution in [3.8, 4) is 11.5 Å². The Morgan fingerprint density at radius 2 is 1.67 bits per heavy atom. The van der Waals surface area contributed by atoms with Gasteiger partial charge in [-0.2, -0.15) is 4.37 Å². The van der Waals surface area contributed by atoms with Gasteiger partial charge in [-0.05, 0) is 66.0 Å². The number of ether oxygens (including phenoxy) is 2. The highest BCUT2D eigenvalue weighted by molar-refractivity contribution is 7.13. The zero-order valence-corrected chi connectivity index (χ0v) is 19.1. The lowest BCUT2D eigenvalue weighted by Crippen LogP contribution is -2.25. The van der Waals surface area contributed by atoms with Gasteiger partial charge in [-0.15, -0.1) is 0 Å². The third-order valence-electron chi connectivity index (χ3n) is 5.14. The van der Waals surface area contributed by atoms with Gasteiger partial charge in [0, 0.05) is 23.2 Å². The Morgan fingerprint density at radius 3 is 2.42 bits per heavy atom. The molecule has 3 aromatic carbocycles. The van der Waals surface area contributed by atoms with Crippen LogP contribution >= 0.6 is 11.5 Å². The Hall–Kier alpha value is -3.91. The molecular formula is C25H23N3O4S. The molecule has 1 aromatic heterocycles. The normalized spacial score (nSPS) is 10.6. The average molecular weight is 462 g/mol. The zero-order chi connectivity index (χ0) is 23.2. The van der Waals surface area contributed by atoms with E-state index < -0.39 is 0 Å². The van der Waals surface area contributed by atoms with Crippen LogP contribution in [-0.2, 0) is 6.42 Å². The molecule has 0 atom stereocenters. The van der Waals surface area contributed by atoms with Gasteiger partial charge in [0.15, 0.2) is 11.5 Å². The molecule has 1 heterocycles. The van der Waals surface area contributed by atoms with Crippen molar-refractivity contribution in [3.05, 3.63) is 83.6 Å². The van der Waals surface area contributed by atoms with Gasteiger partial charge in [0.05, 0.1) is 18.9 Å². The summed E-state index contributed by atoms with van der Waals surface area (Å²) in [6, 6.07) is 20.1. The van der Waals surface area contributed by atoms with Crippen molar-refractivity contribution < 1.29 is 19.1 Å². The molecule has 0 unspecified atom stereocenters. The predicted octanol–water partition coefficient (Wildman–Crippen LogP) is 4.54. The predicted molar refractivity (Wildman–Crippen MR) is 130 cm³/mol. The molecule has 168 valence electrons. The molecule has 0 aliphatic heterocycles. The van der Waals surface area contributed by atoms with E-state index in [-0.39, 0.29) is 11.8 Å². The smallest absolute Gasteiger partial charge is 0.276 e. The Bertz CT molecular complexity index is 1280. The number of nitrogens with zero attached hydrogens (tertiary/aromatic N) is 1. The lowest BCUT2D eigenvalue weighted by atomic mass is 10.1. The maximum atomic E-state index is 12.6. The van der Waals surface area contributed by atoms with E-state index in [0.717, 1.165) is 15.6 Å². The standard InChI is InChI=1S/C25H23N3O4S/c1-31-20-12-7-16(15-21(20)32-2)13-14-26-24(29)17-8-10-18(11-9-17)27-25(30)23-19-5-3-4-6-22(19)33-28-23/h3-12,15H,13-14H2,1-2H3,(H,26,29)(H,27,30). The minimum atomic E-state index is -0.278. The van der Waals surface area contributed by atoms with Crippen LogP contribution in [0.15, 0.2) is 66.7 Å². The lowest BCUT2D eigenvalue weighted by molar-refractivity contribution is 0.0953. The molecular weight excluding hydrogens is 438 g/mol. The second-order valence-corrected chi connectivity index (χ2v) is 8.06. The zero-order valence-electron chi connectivity index (χ0n) is 18.3. The second-order valence-electron chi connectivity index (χ2n) is 7.25. The monoisotopic (exact) mass is 461 g/mol. The van der Waals surface area contributed by atoms with Gasteiger partial charge in [-0.3, -0.25) is 9.59 Å². The second kappa shape index (κ2) is 10.1. The lowest BCUT2D eigenvalue weighted by Gasteiger charge is -2.10. The molecule has 4 aromatic rings. The number of carbonyl (C=O) groups excluding carboxylic acids is 2. The van der Waals surface area contributed by atoms with Gasteiger partial charge >= 0.3 is 0 Å². The number of rotatable bonds is 8. The van der Waals surface area contributed by atoms with Crippen LogP contribution in [0.5, 0.6) is 11.5 Å². The molecule has 4 rings (SSSR count). The summed E-state index contributed by atoms with van der Waals surface area (Å²) in [5.74, 6) is 0.864. The first-order chi connectivity index (χ1) is 16.1. The van der Waals surface area contributed by atoms with Crippen LogP contribution in [0.25, 0.3) is 10.1 Å². The van der Waals surface area contributed by atoms with Gasteiger partial charge in [-0.1, -0.05) is 24.3 Å². The fourth-order valence-corrected chi connectivity index (χ4v) is 4.18. The number of benzene rings is 3. The van der Waals surface area contributed by atoms with Crippen molar-refractivity contribution in [3.63, 3.8) is 0 Å². The third kappa shape index (κ3) is 5.12. The third-order valence-corrected chi connectivity index (χ3v) is 5.97. The van der Waals surface area contributed by atoms with E-state index in [1.54, 1.807) is 38.5 Å². The van der Waals surface area contributed by atoms with Crippen molar-refractivity contribution in [1.29, 1.82) is 0 Å². The van der Waals surface area contributed by atoms with Crippen LogP contribution in [0.4, 0.5) is 5.69 Å². The van der Waals surface area contributed by atoms with Gasteiger partial charge in [0.25, 0.3) is 11.8 Å². The van der Waals surface area contributed by atoms with Crippen LogP contribution < -0.4 is 20.1 Å². The summed E-state index contributed by atoms with van der Waals surface area (Å²) in [6.07, 6.45) is 0.655. The first-order valence-corrected chi connectivity index (χ1v) is 11.1. The van der Waals surface area contributed by atoms with E-state index in [9.17, 15) is 9.59 Å². The Morgan fingerprint density at radius 1 is 0.909 bits per heavy atom. The van der Waals surface area contributed by atoms with Crippen molar-refractivity contribution in [2.45, 2.75) is 6.42 Å². The summed E-state index contributed by atoms with van der Waals surface area (Å²) in [4.78, 5) is 25.1. The van der Waals surface area contributed by atoms with Gasteiger partial charge in [0.1, 0.15) is 5.69 Å². The minimum absolute atomic E-state index is 0.182. The molecule has 0 aliphatic carbocycles. The largest absolute Gasteiger partial charge is 0.493 e. The maximum absolute atomic E-state index is 12.6. The molecule has 2 N–H and O–H groups in total. The van der Waals surface area contributed by atoms with Crippen LogP contribution in [0, 0.1) is 0 Å². The van der Waals surface area contributed by atoms with Crippen LogP contribution in [0.3, 0.4) is 0 Å². The molecule has 0 saturated carbocycles. The SMILES string of the molecule is COc1ccc(CCNC(=O)c2ccc(NC(=O)c3nsc4ccccc34)cc2)cc1OC. The maximum Gasteiger partial charge on any atom is 0.276 e. The molecule has 0 spiro atoms. The van der Waals surface area contributed by atoms with E-state index >= 15 is 0 Å². The Kier molecular flexibility index (Phi) is 6.85. The molecule has 0 aliphatic rings. The average Bonchev–Trinajstić information content (AvgIpc) is 3.28. The van der Waals surface area contributed by atoms with Crippen LogP contribution in [-0.4, -0.2) is 37.0 Å². The van der Waals surface area contributed by atoms with E-state index in [1.165, 1.54) is 11.5 Å². The number of aromatic nitrogens is 1. The van der Waals surface area contributed by atoms with Crippen LogP contribution in [0.2, 0.25) is 0 Å². The summed E-state index contributed by atoms with van der Waals surface area (Å²) in [6.45, 7) is 0.476. The highest BCUT2D eigenvalue weighted by Crippen LogP contribution is 2.27. The fraction of sp³-hybridized carbons (Fsp3) is 0.160. The van der Waals surface area contributed by atoms with E-state index in [1.807, 2.05) is 42.5 Å². The van der Waals surface area contributed by atoms with Crippen molar-refractivity contribution in [1.82, 2.24) is 9.69 Å². The highest BCUT2D eigenvalue weighted by Gasteiger charge is 2.14. The van der Waals surface area contributed by atoms with E-state index in [4.69, 9.17) is 9.47 Å². The van der Waals surface area contributed by atoms with Gasteiger partial charge in [-0.25, -0.2) is 0 Å². The summed E-state index contributed by atoms with van der Waals surface area (Å²) < 4.78 is 15.8. The first-order valence-electron chi connectivity index (χ1n) is 10.3. The number of fused-ring (bicyclic) bond motifs is 1. The Labute approximate surface area is 195 Å². The number of methoxy groups -OCH3 is 2. The number of anilines is 1. The summed E-state index contributed by atoms with van der Waals surface area (Å²) in [5.41, 5.74) is 2.53. The first kappa shape index (κ1) is 22.3. The molecule has 8 heteroatoms. The number of hydrogen-bond donors (Lipinski definition) is 2. The molecule has 7 nitrogen and oxygen atoms in total. The van der Waals surface area contributed by atoms with Crippen molar-refractivity contribution >= 4 is 39.1 Å². The van der Waals surface area contributed by atoms with Crippen molar-refractivity contribution in [2.24, 2.45) is 0 Å². The minimum Gasteiger partial charge on any atom is -0.493 e. The quantitative estimate of drug-likeness (QED) is 0.402. The fourth-order valence-electron chi connectivity index (χ4n) is 3.40. The van der Waals surface area contributed by atoms with Gasteiger partial charge < -0.3 is 20.1 Å². The summed E-state index contributed by atoms with van der Waals surface area (Å²) in [7, 11) is 3.18. The Balaban J connectivity index is 1.32. The molecule has 0 saturated heterocycles. The molecule has 33 heavy (non-hydrogen) atoms. The molecule has 0 bridgehead atoms. The topological polar surface area (TPSA) is 89.6 Å². The number of nitrogens with one attached hydrogen (secondary N) is 2. The van der Waals surface area contributed by atoms with E-state index in [0.29, 0.717) is 41.4 Å². The van der Waals surface area contributed by atoms with Crippen molar-refractivity contribution in [2.75, 3.05) is 26.1 Å². The summed E-state index contributed by atoms with van der Waals surface area (Å²) >= 11 is 1.29.